The number of amides is 2. The van der Waals surface area contributed by atoms with Crippen LogP contribution in [0.1, 0.15) is 55.8 Å². The Morgan fingerprint density at radius 2 is 1.91 bits per heavy atom. The van der Waals surface area contributed by atoms with Crippen LogP contribution >= 0.6 is 0 Å². The number of carbonyl (C=O) groups excluding carboxylic acids is 2. The van der Waals surface area contributed by atoms with E-state index in [0.29, 0.717) is 24.4 Å². The minimum Gasteiger partial charge on any atom is -0.462 e. The fraction of sp³-hybridized carbons (Fsp3) is 0.556. The number of hydrogen-bond acceptors (Lipinski definition) is 3. The lowest BCUT2D eigenvalue weighted by molar-refractivity contribution is 0.0527. The van der Waals surface area contributed by atoms with E-state index in [-0.39, 0.29) is 6.03 Å². The van der Waals surface area contributed by atoms with E-state index in [1.807, 2.05) is 0 Å². The summed E-state index contributed by atoms with van der Waals surface area (Å²) in [5.74, 6) is 0.307. The van der Waals surface area contributed by atoms with Crippen LogP contribution in [0.25, 0.3) is 0 Å². The van der Waals surface area contributed by atoms with Gasteiger partial charge in [0, 0.05) is 6.54 Å². The van der Waals surface area contributed by atoms with Crippen molar-refractivity contribution >= 4 is 17.7 Å². The first-order valence-corrected chi connectivity index (χ1v) is 8.51. The summed E-state index contributed by atoms with van der Waals surface area (Å²) in [6.45, 7) is 2.73. The molecule has 0 spiro atoms. The molecular formula is C18H26N2O3. The highest BCUT2D eigenvalue weighted by Gasteiger charge is 2.15. The Morgan fingerprint density at radius 3 is 2.65 bits per heavy atom. The molecule has 5 nitrogen and oxygen atoms in total. The van der Waals surface area contributed by atoms with Gasteiger partial charge in [-0.2, -0.15) is 0 Å². The third kappa shape index (κ3) is 5.58. The largest absolute Gasteiger partial charge is 0.462 e. The van der Waals surface area contributed by atoms with Gasteiger partial charge in [0.2, 0.25) is 0 Å². The molecule has 1 saturated carbocycles. The van der Waals surface area contributed by atoms with Crippen molar-refractivity contribution in [1.29, 1.82) is 0 Å². The van der Waals surface area contributed by atoms with Crippen molar-refractivity contribution in [3.8, 4) is 0 Å². The Kier molecular flexibility index (Phi) is 6.91. The van der Waals surface area contributed by atoms with E-state index in [1.54, 1.807) is 31.2 Å². The maximum atomic E-state index is 12.0. The standard InChI is InChI=1S/C18H26N2O3/c1-2-23-17(21)15-10-6-7-11-16(15)20-18(22)19-13-12-14-8-4-3-5-9-14/h6-7,10-11,14H,2-5,8-9,12-13H2,1H3,(H2,19,20,22). The number of hydrogen-bond donors (Lipinski definition) is 2. The summed E-state index contributed by atoms with van der Waals surface area (Å²) in [4.78, 5) is 23.9. The molecule has 1 aliphatic rings. The Balaban J connectivity index is 1.81. The molecule has 0 atom stereocenters. The number of urea groups is 1. The summed E-state index contributed by atoms with van der Waals surface area (Å²) in [6.07, 6.45) is 7.53. The van der Waals surface area contributed by atoms with Crippen molar-refractivity contribution in [2.75, 3.05) is 18.5 Å². The molecule has 0 bridgehead atoms. The first-order chi connectivity index (χ1) is 11.2. The first kappa shape index (κ1) is 17.3. The second kappa shape index (κ2) is 9.18. The van der Waals surface area contributed by atoms with Gasteiger partial charge in [-0.1, -0.05) is 44.2 Å². The predicted octanol–water partition coefficient (Wildman–Crippen LogP) is 3.96. The SMILES string of the molecule is CCOC(=O)c1ccccc1NC(=O)NCCC1CCCCC1. The summed E-state index contributed by atoms with van der Waals surface area (Å²) < 4.78 is 5.00. The van der Waals surface area contributed by atoms with Crippen LogP contribution in [0.4, 0.5) is 10.5 Å². The van der Waals surface area contributed by atoms with E-state index in [9.17, 15) is 9.59 Å². The van der Waals surface area contributed by atoms with Crippen LogP contribution in [0.3, 0.4) is 0 Å². The van der Waals surface area contributed by atoms with Gasteiger partial charge in [0.1, 0.15) is 0 Å². The van der Waals surface area contributed by atoms with Gasteiger partial charge in [0.15, 0.2) is 0 Å². The van der Waals surface area contributed by atoms with Crippen molar-refractivity contribution in [3.63, 3.8) is 0 Å². The smallest absolute Gasteiger partial charge is 0.340 e. The van der Waals surface area contributed by atoms with Gasteiger partial charge in [-0.05, 0) is 31.4 Å². The third-order valence-corrected chi connectivity index (χ3v) is 4.23. The minimum atomic E-state index is -0.425. The molecule has 1 aromatic carbocycles. The number of rotatable bonds is 6. The van der Waals surface area contributed by atoms with Crippen LogP contribution in [0.15, 0.2) is 24.3 Å². The number of esters is 1. The number of ether oxygens (including phenoxy) is 1. The van der Waals surface area contributed by atoms with Crippen molar-refractivity contribution < 1.29 is 14.3 Å². The van der Waals surface area contributed by atoms with Crippen LogP contribution in [0.2, 0.25) is 0 Å². The lowest BCUT2D eigenvalue weighted by atomic mass is 9.87. The summed E-state index contributed by atoms with van der Waals surface area (Å²) in [6, 6.07) is 6.60. The Hall–Kier alpha value is -2.04. The molecule has 1 aromatic rings. The fourth-order valence-corrected chi connectivity index (χ4v) is 3.01. The summed E-state index contributed by atoms with van der Waals surface area (Å²) in [5, 5.41) is 5.61. The maximum absolute atomic E-state index is 12.0. The van der Waals surface area contributed by atoms with Crippen molar-refractivity contribution in [1.82, 2.24) is 5.32 Å². The van der Waals surface area contributed by atoms with Crippen LogP contribution in [0, 0.1) is 5.92 Å². The summed E-state index contributed by atoms with van der Waals surface area (Å²) >= 11 is 0. The Bertz CT molecular complexity index is 525. The molecule has 2 rings (SSSR count). The minimum absolute atomic E-state index is 0.280. The summed E-state index contributed by atoms with van der Waals surface area (Å²) in [5.41, 5.74) is 0.845. The number of benzene rings is 1. The molecule has 0 aliphatic heterocycles. The first-order valence-electron chi connectivity index (χ1n) is 8.51. The van der Waals surface area contributed by atoms with Gasteiger partial charge in [-0.3, -0.25) is 0 Å². The molecule has 5 heteroatoms. The van der Waals surface area contributed by atoms with Gasteiger partial charge < -0.3 is 15.4 Å². The zero-order chi connectivity index (χ0) is 16.5. The molecule has 0 heterocycles. The number of anilines is 1. The van der Waals surface area contributed by atoms with Crippen LogP contribution < -0.4 is 10.6 Å². The predicted molar refractivity (Wildman–Crippen MR) is 90.6 cm³/mol. The second-order valence-corrected chi connectivity index (χ2v) is 5.94. The molecule has 1 fully saturated rings. The van der Waals surface area contributed by atoms with Crippen LogP contribution in [-0.2, 0) is 4.74 Å². The number of para-hydroxylation sites is 1. The Morgan fingerprint density at radius 1 is 1.17 bits per heavy atom. The van der Waals surface area contributed by atoms with E-state index in [4.69, 9.17) is 4.74 Å². The molecule has 2 amide bonds. The molecule has 1 aliphatic carbocycles. The second-order valence-electron chi connectivity index (χ2n) is 5.94. The molecular weight excluding hydrogens is 292 g/mol. The highest BCUT2D eigenvalue weighted by atomic mass is 16.5. The third-order valence-electron chi connectivity index (χ3n) is 4.23. The number of carbonyl (C=O) groups is 2. The van der Waals surface area contributed by atoms with Crippen LogP contribution in [0.5, 0.6) is 0 Å². The molecule has 2 N–H and O–H groups in total. The van der Waals surface area contributed by atoms with Crippen molar-refractivity contribution in [3.05, 3.63) is 29.8 Å². The van der Waals surface area contributed by atoms with Gasteiger partial charge in [-0.25, -0.2) is 9.59 Å². The Labute approximate surface area is 137 Å². The molecule has 0 aromatic heterocycles. The molecule has 0 unspecified atom stereocenters. The average molecular weight is 318 g/mol. The fourth-order valence-electron chi connectivity index (χ4n) is 3.01. The van der Waals surface area contributed by atoms with E-state index < -0.39 is 5.97 Å². The van der Waals surface area contributed by atoms with Gasteiger partial charge >= 0.3 is 12.0 Å². The van der Waals surface area contributed by atoms with Crippen LogP contribution in [-0.4, -0.2) is 25.2 Å². The highest BCUT2D eigenvalue weighted by molar-refractivity contribution is 6.00. The molecule has 0 saturated heterocycles. The van der Waals surface area contributed by atoms with E-state index in [0.717, 1.165) is 12.3 Å². The normalized spacial score (nSPS) is 15.0. The number of nitrogens with one attached hydrogen (secondary N) is 2. The van der Waals surface area contributed by atoms with E-state index in [2.05, 4.69) is 10.6 Å². The molecule has 23 heavy (non-hydrogen) atoms. The van der Waals surface area contributed by atoms with Gasteiger partial charge in [0.25, 0.3) is 0 Å². The van der Waals surface area contributed by atoms with Crippen molar-refractivity contribution in [2.45, 2.75) is 45.4 Å². The quantitative estimate of drug-likeness (QED) is 0.780. The topological polar surface area (TPSA) is 67.4 Å². The average Bonchev–Trinajstić information content (AvgIpc) is 2.56. The summed E-state index contributed by atoms with van der Waals surface area (Å²) in [7, 11) is 0. The highest BCUT2D eigenvalue weighted by Crippen LogP contribution is 2.25. The lowest BCUT2D eigenvalue weighted by Crippen LogP contribution is -2.31. The van der Waals surface area contributed by atoms with Gasteiger partial charge in [0.05, 0.1) is 17.9 Å². The van der Waals surface area contributed by atoms with Gasteiger partial charge in [-0.15, -0.1) is 0 Å². The monoisotopic (exact) mass is 318 g/mol. The lowest BCUT2D eigenvalue weighted by Gasteiger charge is -2.21. The molecule has 126 valence electrons. The van der Waals surface area contributed by atoms with E-state index in [1.165, 1.54) is 32.1 Å². The molecule has 0 radical (unpaired) electrons. The van der Waals surface area contributed by atoms with Crippen molar-refractivity contribution in [2.24, 2.45) is 5.92 Å². The zero-order valence-corrected chi connectivity index (χ0v) is 13.8. The zero-order valence-electron chi connectivity index (χ0n) is 13.8. The maximum Gasteiger partial charge on any atom is 0.340 e. The van der Waals surface area contributed by atoms with E-state index >= 15 is 0 Å².